The molecule has 1 aromatic heterocycles. The van der Waals surface area contributed by atoms with Gasteiger partial charge in [0, 0.05) is 6.04 Å². The van der Waals surface area contributed by atoms with Gasteiger partial charge >= 0.3 is 0 Å². The lowest BCUT2D eigenvalue weighted by atomic mass is 9.93. The van der Waals surface area contributed by atoms with E-state index in [0.29, 0.717) is 12.0 Å². The van der Waals surface area contributed by atoms with Gasteiger partial charge in [-0.25, -0.2) is 0 Å². The van der Waals surface area contributed by atoms with E-state index >= 15 is 0 Å². The van der Waals surface area contributed by atoms with Crippen molar-refractivity contribution in [2.24, 2.45) is 11.8 Å². The van der Waals surface area contributed by atoms with Gasteiger partial charge in [-0.2, -0.15) is 11.3 Å². The second kappa shape index (κ2) is 6.99. The molecule has 2 atom stereocenters. The highest BCUT2D eigenvalue weighted by molar-refractivity contribution is 7.07. The average Bonchev–Trinajstić information content (AvgIpc) is 2.72. The van der Waals surface area contributed by atoms with E-state index in [2.05, 4.69) is 36.1 Å². The first-order chi connectivity index (χ1) is 7.27. The minimum Gasteiger partial charge on any atom is -0.271 e. The third-order valence-electron chi connectivity index (χ3n) is 2.97. The van der Waals surface area contributed by atoms with Crippen molar-refractivity contribution >= 4 is 11.3 Å². The van der Waals surface area contributed by atoms with Gasteiger partial charge in [-0.15, -0.1) is 0 Å². The molecule has 0 saturated carbocycles. The molecule has 1 heterocycles. The van der Waals surface area contributed by atoms with E-state index in [4.69, 9.17) is 5.84 Å². The quantitative estimate of drug-likeness (QED) is 0.554. The predicted octanol–water partition coefficient (Wildman–Crippen LogP) is 2.95. The number of thiophene rings is 1. The normalized spacial score (nSPS) is 15.1. The SMILES string of the molecule is CCCC(C)C(CCc1ccsc1)NN. The van der Waals surface area contributed by atoms with Crippen LogP contribution in [0.5, 0.6) is 0 Å². The molecular formula is C12H22N2S. The summed E-state index contributed by atoms with van der Waals surface area (Å²) in [5.74, 6) is 6.26. The summed E-state index contributed by atoms with van der Waals surface area (Å²) in [6, 6.07) is 2.65. The van der Waals surface area contributed by atoms with Crippen LogP contribution >= 0.6 is 11.3 Å². The summed E-state index contributed by atoms with van der Waals surface area (Å²) in [6.45, 7) is 4.50. The molecular weight excluding hydrogens is 204 g/mol. The molecule has 86 valence electrons. The van der Waals surface area contributed by atoms with Crippen LogP contribution in [0.4, 0.5) is 0 Å². The highest BCUT2D eigenvalue weighted by atomic mass is 32.1. The zero-order chi connectivity index (χ0) is 11.1. The maximum atomic E-state index is 5.60. The Morgan fingerprint density at radius 2 is 2.27 bits per heavy atom. The fourth-order valence-corrected chi connectivity index (χ4v) is 2.65. The molecule has 2 nitrogen and oxygen atoms in total. The lowest BCUT2D eigenvalue weighted by Gasteiger charge is -2.22. The molecule has 0 bridgehead atoms. The van der Waals surface area contributed by atoms with Crippen molar-refractivity contribution in [3.8, 4) is 0 Å². The first-order valence-corrected chi connectivity index (χ1v) is 6.69. The molecule has 0 radical (unpaired) electrons. The molecule has 0 aliphatic rings. The van der Waals surface area contributed by atoms with Crippen molar-refractivity contribution in [3.05, 3.63) is 22.4 Å². The predicted molar refractivity (Wildman–Crippen MR) is 67.8 cm³/mol. The molecule has 15 heavy (non-hydrogen) atoms. The Morgan fingerprint density at radius 1 is 1.47 bits per heavy atom. The number of hydrazine groups is 1. The molecule has 0 aromatic carbocycles. The molecule has 1 rings (SSSR count). The van der Waals surface area contributed by atoms with E-state index in [1.54, 1.807) is 11.3 Å². The first-order valence-electron chi connectivity index (χ1n) is 5.75. The van der Waals surface area contributed by atoms with Gasteiger partial charge in [0.05, 0.1) is 0 Å². The van der Waals surface area contributed by atoms with Gasteiger partial charge in [0.1, 0.15) is 0 Å². The minimum absolute atomic E-state index is 0.449. The summed E-state index contributed by atoms with van der Waals surface area (Å²) in [4.78, 5) is 0. The maximum absolute atomic E-state index is 5.60. The summed E-state index contributed by atoms with van der Waals surface area (Å²) in [6.07, 6.45) is 4.75. The standard InChI is InChI=1S/C12H22N2S/c1-3-4-10(2)12(14-13)6-5-11-7-8-15-9-11/h7-10,12,14H,3-6,13H2,1-2H3. The van der Waals surface area contributed by atoms with E-state index in [1.165, 1.54) is 18.4 Å². The number of hydrogen-bond acceptors (Lipinski definition) is 3. The number of nitrogens with one attached hydrogen (secondary N) is 1. The highest BCUT2D eigenvalue weighted by Crippen LogP contribution is 2.16. The van der Waals surface area contributed by atoms with Gasteiger partial charge in [-0.3, -0.25) is 11.3 Å². The molecule has 1 aromatic rings. The van der Waals surface area contributed by atoms with Crippen LogP contribution in [0.15, 0.2) is 16.8 Å². The van der Waals surface area contributed by atoms with Crippen molar-refractivity contribution in [2.75, 3.05) is 0 Å². The molecule has 0 spiro atoms. The molecule has 3 heteroatoms. The van der Waals surface area contributed by atoms with Crippen LogP contribution in [0.3, 0.4) is 0 Å². The van der Waals surface area contributed by atoms with Gasteiger partial charge in [-0.05, 0) is 47.6 Å². The second-order valence-electron chi connectivity index (χ2n) is 4.21. The fourth-order valence-electron chi connectivity index (χ4n) is 1.95. The third-order valence-corrected chi connectivity index (χ3v) is 3.70. The minimum atomic E-state index is 0.449. The number of nitrogens with two attached hydrogens (primary N) is 1. The van der Waals surface area contributed by atoms with Crippen molar-refractivity contribution in [1.29, 1.82) is 0 Å². The third kappa shape index (κ3) is 4.33. The van der Waals surface area contributed by atoms with Crippen LogP contribution in [0, 0.1) is 5.92 Å². The molecule has 0 aliphatic carbocycles. The molecule has 0 aliphatic heterocycles. The lowest BCUT2D eigenvalue weighted by molar-refractivity contribution is 0.341. The van der Waals surface area contributed by atoms with E-state index in [9.17, 15) is 0 Å². The summed E-state index contributed by atoms with van der Waals surface area (Å²) in [5.41, 5.74) is 4.39. The smallest absolute Gasteiger partial charge is 0.0239 e. The van der Waals surface area contributed by atoms with E-state index in [1.807, 2.05) is 0 Å². The second-order valence-corrected chi connectivity index (χ2v) is 4.99. The van der Waals surface area contributed by atoms with Crippen LogP contribution in [0.25, 0.3) is 0 Å². The van der Waals surface area contributed by atoms with E-state index < -0.39 is 0 Å². The number of rotatable bonds is 7. The monoisotopic (exact) mass is 226 g/mol. The van der Waals surface area contributed by atoms with Crippen LogP contribution in [-0.2, 0) is 6.42 Å². The van der Waals surface area contributed by atoms with Crippen molar-refractivity contribution < 1.29 is 0 Å². The first kappa shape index (κ1) is 12.7. The van der Waals surface area contributed by atoms with Crippen LogP contribution in [0.2, 0.25) is 0 Å². The summed E-state index contributed by atoms with van der Waals surface area (Å²) >= 11 is 1.77. The highest BCUT2D eigenvalue weighted by Gasteiger charge is 2.14. The zero-order valence-electron chi connectivity index (χ0n) is 9.70. The topological polar surface area (TPSA) is 38.0 Å². The summed E-state index contributed by atoms with van der Waals surface area (Å²) in [7, 11) is 0. The van der Waals surface area contributed by atoms with Crippen LogP contribution < -0.4 is 11.3 Å². The Hall–Kier alpha value is -0.380. The fraction of sp³-hybridized carbons (Fsp3) is 0.667. The molecule has 3 N–H and O–H groups in total. The molecule has 0 saturated heterocycles. The maximum Gasteiger partial charge on any atom is 0.0239 e. The summed E-state index contributed by atoms with van der Waals surface area (Å²) in [5, 5.41) is 4.35. The largest absolute Gasteiger partial charge is 0.271 e. The van der Waals surface area contributed by atoms with Crippen molar-refractivity contribution in [1.82, 2.24) is 5.43 Å². The number of aryl methyl sites for hydroxylation is 1. The van der Waals surface area contributed by atoms with Gasteiger partial charge < -0.3 is 0 Å². The Morgan fingerprint density at radius 3 is 2.80 bits per heavy atom. The number of hydrogen-bond donors (Lipinski definition) is 2. The Bertz CT molecular complexity index is 246. The van der Waals surface area contributed by atoms with Crippen LogP contribution in [0.1, 0.15) is 38.7 Å². The van der Waals surface area contributed by atoms with Gasteiger partial charge in [0.25, 0.3) is 0 Å². The van der Waals surface area contributed by atoms with Gasteiger partial charge in [0.15, 0.2) is 0 Å². The van der Waals surface area contributed by atoms with Crippen LogP contribution in [-0.4, -0.2) is 6.04 Å². The van der Waals surface area contributed by atoms with Crippen molar-refractivity contribution in [3.63, 3.8) is 0 Å². The summed E-state index contributed by atoms with van der Waals surface area (Å²) < 4.78 is 0. The van der Waals surface area contributed by atoms with E-state index in [-0.39, 0.29) is 0 Å². The zero-order valence-corrected chi connectivity index (χ0v) is 10.5. The Kier molecular flexibility index (Phi) is 5.91. The van der Waals surface area contributed by atoms with E-state index in [0.717, 1.165) is 12.8 Å². The Labute approximate surface area is 96.9 Å². The molecule has 0 fully saturated rings. The van der Waals surface area contributed by atoms with Crippen molar-refractivity contribution in [2.45, 2.75) is 45.6 Å². The molecule has 2 unspecified atom stereocenters. The van der Waals surface area contributed by atoms with Gasteiger partial charge in [-0.1, -0.05) is 20.3 Å². The molecule has 0 amide bonds. The Balaban J connectivity index is 2.33. The van der Waals surface area contributed by atoms with Gasteiger partial charge in [0.2, 0.25) is 0 Å². The lowest BCUT2D eigenvalue weighted by Crippen LogP contribution is -2.40. The average molecular weight is 226 g/mol.